The Hall–Kier alpha value is -2.35. The molecular weight excluding hydrogens is 424 g/mol. The number of rotatable bonds is 5. The summed E-state index contributed by atoms with van der Waals surface area (Å²) in [5.74, 6) is 1.78. The Kier molecular flexibility index (Phi) is 5.51. The van der Waals surface area contributed by atoms with Crippen LogP contribution in [0.3, 0.4) is 0 Å². The molecule has 32 heavy (non-hydrogen) atoms. The zero-order valence-electron chi connectivity index (χ0n) is 18.6. The maximum absolute atomic E-state index is 12.8. The van der Waals surface area contributed by atoms with E-state index in [1.807, 2.05) is 19.1 Å². The normalized spacial score (nSPS) is 29.1. The van der Waals surface area contributed by atoms with Crippen molar-refractivity contribution in [2.75, 3.05) is 0 Å². The number of nitrogens with one attached hydrogen (secondary N) is 2. The largest absolute Gasteiger partial charge is 0.332 e. The average molecular weight is 455 g/mol. The van der Waals surface area contributed by atoms with Crippen LogP contribution >= 0.6 is 11.8 Å². The van der Waals surface area contributed by atoms with Gasteiger partial charge in [0.2, 0.25) is 5.91 Å². The molecule has 4 aliphatic carbocycles. The number of fused-ring (bicyclic) bond motifs is 1. The van der Waals surface area contributed by atoms with Gasteiger partial charge in [0.05, 0.1) is 16.2 Å². The SMILES string of the molecule is CCn1c(SC(C)C(=O)NC(=O)NC23CC4CC(CC(C4)C2)C3)nc2ccccc2c1=O. The van der Waals surface area contributed by atoms with Gasteiger partial charge in [0.15, 0.2) is 5.16 Å². The molecule has 170 valence electrons. The van der Waals surface area contributed by atoms with Gasteiger partial charge in [-0.05, 0) is 82.3 Å². The third kappa shape index (κ3) is 3.93. The van der Waals surface area contributed by atoms with E-state index in [1.54, 1.807) is 23.6 Å². The Bertz CT molecular complexity index is 1090. The molecule has 7 nitrogen and oxygen atoms in total. The third-order valence-electron chi connectivity index (χ3n) is 7.45. The van der Waals surface area contributed by atoms with E-state index in [2.05, 4.69) is 15.6 Å². The first-order chi connectivity index (χ1) is 15.4. The molecule has 8 heteroatoms. The molecule has 4 bridgehead atoms. The molecule has 0 radical (unpaired) electrons. The molecule has 1 aromatic carbocycles. The molecule has 1 aromatic heterocycles. The Labute approximate surface area is 191 Å². The molecule has 2 aromatic rings. The highest BCUT2D eigenvalue weighted by molar-refractivity contribution is 8.00. The summed E-state index contributed by atoms with van der Waals surface area (Å²) in [6.07, 6.45) is 7.01. The molecule has 0 saturated heterocycles. The van der Waals surface area contributed by atoms with Gasteiger partial charge >= 0.3 is 6.03 Å². The first-order valence-corrected chi connectivity index (χ1v) is 12.5. The van der Waals surface area contributed by atoms with E-state index in [1.165, 1.54) is 31.0 Å². The molecular formula is C24H30N4O3S. The monoisotopic (exact) mass is 454 g/mol. The van der Waals surface area contributed by atoms with Gasteiger partial charge in [0, 0.05) is 12.1 Å². The minimum atomic E-state index is -0.567. The minimum Gasteiger partial charge on any atom is -0.332 e. The molecule has 0 aliphatic heterocycles. The van der Waals surface area contributed by atoms with Crippen molar-refractivity contribution in [2.45, 2.75) is 74.9 Å². The molecule has 6 rings (SSSR count). The summed E-state index contributed by atoms with van der Waals surface area (Å²) in [5, 5.41) is 6.20. The lowest BCUT2D eigenvalue weighted by Crippen LogP contribution is -2.62. The highest BCUT2D eigenvalue weighted by atomic mass is 32.2. The van der Waals surface area contributed by atoms with E-state index in [0.717, 1.165) is 37.0 Å². The first kappa shape index (κ1) is 21.5. The van der Waals surface area contributed by atoms with Gasteiger partial charge in [0.1, 0.15) is 0 Å². The number of hydrogen-bond donors (Lipinski definition) is 2. The summed E-state index contributed by atoms with van der Waals surface area (Å²) >= 11 is 1.20. The topological polar surface area (TPSA) is 93.1 Å². The van der Waals surface area contributed by atoms with E-state index < -0.39 is 11.3 Å². The van der Waals surface area contributed by atoms with E-state index >= 15 is 0 Å². The van der Waals surface area contributed by atoms with Gasteiger partial charge in [-0.2, -0.15) is 0 Å². The van der Waals surface area contributed by atoms with Gasteiger partial charge in [-0.15, -0.1) is 0 Å². The van der Waals surface area contributed by atoms with Crippen LogP contribution in [-0.4, -0.2) is 32.3 Å². The number of carbonyl (C=O) groups excluding carboxylic acids is 2. The molecule has 4 fully saturated rings. The second-order valence-electron chi connectivity index (χ2n) is 9.86. The summed E-state index contributed by atoms with van der Waals surface area (Å²) in [7, 11) is 0. The number of urea groups is 1. The fourth-order valence-corrected chi connectivity index (χ4v) is 7.45. The molecule has 2 N–H and O–H groups in total. The van der Waals surface area contributed by atoms with Crippen molar-refractivity contribution in [3.8, 4) is 0 Å². The molecule has 4 aliphatic rings. The number of nitrogens with zero attached hydrogens (tertiary/aromatic N) is 2. The first-order valence-electron chi connectivity index (χ1n) is 11.6. The van der Waals surface area contributed by atoms with Crippen LogP contribution in [0.15, 0.2) is 34.2 Å². The predicted molar refractivity (Wildman–Crippen MR) is 125 cm³/mol. The van der Waals surface area contributed by atoms with Gasteiger partial charge in [0.25, 0.3) is 5.56 Å². The number of thioether (sulfide) groups is 1. The fourth-order valence-electron chi connectivity index (χ4n) is 6.48. The Morgan fingerprint density at radius 3 is 2.41 bits per heavy atom. The minimum absolute atomic E-state index is 0.118. The Balaban J connectivity index is 1.26. The predicted octanol–water partition coefficient (Wildman–Crippen LogP) is 3.69. The maximum Gasteiger partial charge on any atom is 0.321 e. The van der Waals surface area contributed by atoms with Crippen LogP contribution in [-0.2, 0) is 11.3 Å². The zero-order valence-corrected chi connectivity index (χ0v) is 19.4. The summed E-state index contributed by atoms with van der Waals surface area (Å²) < 4.78 is 1.58. The maximum atomic E-state index is 12.8. The molecule has 1 unspecified atom stereocenters. The number of imide groups is 1. The molecule has 1 heterocycles. The van der Waals surface area contributed by atoms with Crippen LogP contribution in [0.5, 0.6) is 0 Å². The lowest BCUT2D eigenvalue weighted by Gasteiger charge is -2.56. The number of amides is 3. The van der Waals surface area contributed by atoms with Crippen LogP contribution in [0.1, 0.15) is 52.4 Å². The van der Waals surface area contributed by atoms with E-state index in [0.29, 0.717) is 22.6 Å². The van der Waals surface area contributed by atoms with E-state index in [4.69, 9.17) is 0 Å². The molecule has 0 spiro atoms. The Morgan fingerprint density at radius 2 is 1.78 bits per heavy atom. The van der Waals surface area contributed by atoms with Crippen molar-refractivity contribution in [1.29, 1.82) is 0 Å². The summed E-state index contributed by atoms with van der Waals surface area (Å²) in [6.45, 7) is 4.07. The lowest BCUT2D eigenvalue weighted by atomic mass is 9.53. The molecule has 4 saturated carbocycles. The zero-order chi connectivity index (χ0) is 22.5. The van der Waals surface area contributed by atoms with Gasteiger partial charge in [-0.3, -0.25) is 19.5 Å². The highest BCUT2D eigenvalue weighted by Crippen LogP contribution is 2.55. The lowest BCUT2D eigenvalue weighted by molar-refractivity contribution is -0.119. The van der Waals surface area contributed by atoms with Crippen LogP contribution in [0.2, 0.25) is 0 Å². The van der Waals surface area contributed by atoms with E-state index in [-0.39, 0.29) is 17.0 Å². The van der Waals surface area contributed by atoms with Gasteiger partial charge in [-0.25, -0.2) is 9.78 Å². The van der Waals surface area contributed by atoms with Crippen molar-refractivity contribution in [1.82, 2.24) is 20.2 Å². The number of carbonyl (C=O) groups is 2. The van der Waals surface area contributed by atoms with Crippen molar-refractivity contribution in [3.05, 3.63) is 34.6 Å². The smallest absolute Gasteiger partial charge is 0.321 e. The summed E-state index contributed by atoms with van der Waals surface area (Å²) in [4.78, 5) is 42.9. The molecule has 1 atom stereocenters. The van der Waals surface area contributed by atoms with Crippen LogP contribution in [0.4, 0.5) is 4.79 Å². The summed E-state index contributed by atoms with van der Waals surface area (Å²) in [6, 6.07) is 6.81. The van der Waals surface area contributed by atoms with Crippen molar-refractivity contribution in [3.63, 3.8) is 0 Å². The van der Waals surface area contributed by atoms with Crippen LogP contribution < -0.4 is 16.2 Å². The number of para-hydroxylation sites is 1. The fraction of sp³-hybridized carbons (Fsp3) is 0.583. The van der Waals surface area contributed by atoms with Crippen molar-refractivity contribution < 1.29 is 9.59 Å². The average Bonchev–Trinajstić information content (AvgIpc) is 2.72. The number of benzene rings is 1. The van der Waals surface area contributed by atoms with Crippen LogP contribution in [0.25, 0.3) is 10.9 Å². The second-order valence-corrected chi connectivity index (χ2v) is 11.2. The molecule has 3 amide bonds. The summed E-state index contributed by atoms with van der Waals surface area (Å²) in [5.41, 5.74) is 0.350. The van der Waals surface area contributed by atoms with Crippen molar-refractivity contribution in [2.24, 2.45) is 17.8 Å². The number of hydrogen-bond acceptors (Lipinski definition) is 5. The third-order valence-corrected chi connectivity index (χ3v) is 8.54. The van der Waals surface area contributed by atoms with E-state index in [9.17, 15) is 14.4 Å². The number of aromatic nitrogens is 2. The quantitative estimate of drug-likeness (QED) is 0.531. The Morgan fingerprint density at radius 1 is 1.16 bits per heavy atom. The second kappa shape index (κ2) is 8.21. The van der Waals surface area contributed by atoms with Gasteiger partial charge < -0.3 is 5.32 Å². The highest BCUT2D eigenvalue weighted by Gasteiger charge is 2.51. The standard InChI is InChI=1S/C24H30N4O3S/c1-3-28-21(30)18-6-4-5-7-19(18)25-23(28)32-14(2)20(29)26-22(31)27-24-11-15-8-16(12-24)10-17(9-15)13-24/h4-7,14-17H,3,8-13H2,1-2H3,(H2,26,27,29,31). The van der Waals surface area contributed by atoms with Gasteiger partial charge in [-0.1, -0.05) is 23.9 Å². The van der Waals surface area contributed by atoms with Crippen molar-refractivity contribution >= 4 is 34.6 Å². The van der Waals surface area contributed by atoms with Crippen LogP contribution in [0, 0.1) is 17.8 Å².